The van der Waals surface area contributed by atoms with Crippen molar-refractivity contribution in [2.75, 3.05) is 20.1 Å². The fourth-order valence-electron chi connectivity index (χ4n) is 6.53. The van der Waals surface area contributed by atoms with E-state index < -0.39 is 16.9 Å². The van der Waals surface area contributed by atoms with E-state index in [0.717, 1.165) is 17.7 Å². The van der Waals surface area contributed by atoms with Gasteiger partial charge in [0.25, 0.3) is 5.69 Å². The van der Waals surface area contributed by atoms with Crippen LogP contribution in [0.2, 0.25) is 5.02 Å². The van der Waals surface area contributed by atoms with Crippen molar-refractivity contribution in [3.63, 3.8) is 0 Å². The number of carbonyl (C=O) groups excluding carboxylic acids is 4. The fourth-order valence-corrected chi connectivity index (χ4v) is 6.81. The summed E-state index contributed by atoms with van der Waals surface area (Å²) < 4.78 is 11.1. The van der Waals surface area contributed by atoms with Crippen LogP contribution in [0.4, 0.5) is 5.69 Å². The van der Waals surface area contributed by atoms with Gasteiger partial charge >= 0.3 is 11.9 Å². The first-order valence-corrected chi connectivity index (χ1v) is 16.5. The Labute approximate surface area is 289 Å². The van der Waals surface area contributed by atoms with Crippen LogP contribution >= 0.6 is 11.6 Å². The lowest BCUT2D eigenvalue weighted by molar-refractivity contribution is -0.384. The third kappa shape index (κ3) is 7.58. The summed E-state index contributed by atoms with van der Waals surface area (Å²) in [7, 11) is 1.86. The monoisotopic (exact) mass is 687 g/mol. The van der Waals surface area contributed by atoms with Crippen molar-refractivity contribution in [3.8, 4) is 5.75 Å². The molecule has 0 spiro atoms. The van der Waals surface area contributed by atoms with Crippen molar-refractivity contribution in [3.05, 3.63) is 116 Å². The summed E-state index contributed by atoms with van der Waals surface area (Å²) in [6.07, 6.45) is 0.726. The largest absolute Gasteiger partial charge is 0.487 e. The molecule has 1 amide bonds. The number of nitro groups is 1. The van der Waals surface area contributed by atoms with Crippen molar-refractivity contribution in [2.45, 2.75) is 46.3 Å². The van der Waals surface area contributed by atoms with Gasteiger partial charge in [0.2, 0.25) is 5.91 Å². The number of amides is 1. The van der Waals surface area contributed by atoms with Gasteiger partial charge in [0.15, 0.2) is 5.78 Å². The third-order valence-corrected chi connectivity index (χ3v) is 9.48. The number of ether oxygens (including phenoxy) is 2. The van der Waals surface area contributed by atoms with Gasteiger partial charge in [-0.3, -0.25) is 19.7 Å². The molecule has 11 nitrogen and oxygen atoms in total. The maximum Gasteiger partial charge on any atom is 0.362 e. The molecule has 0 aliphatic carbocycles. The van der Waals surface area contributed by atoms with Crippen LogP contribution in [-0.2, 0) is 20.9 Å². The number of carbonyl (C=O) groups is 4. The van der Waals surface area contributed by atoms with Gasteiger partial charge < -0.3 is 19.3 Å². The van der Waals surface area contributed by atoms with Gasteiger partial charge in [0, 0.05) is 36.6 Å². The number of hydrogen-bond acceptors (Lipinski definition) is 9. The lowest BCUT2D eigenvalue weighted by atomic mass is 9.74. The summed E-state index contributed by atoms with van der Waals surface area (Å²) in [6, 6.07) is 19.3. The summed E-state index contributed by atoms with van der Waals surface area (Å²) in [5.74, 6) is -2.22. The summed E-state index contributed by atoms with van der Waals surface area (Å²) in [4.78, 5) is 66.6. The Kier molecular flexibility index (Phi) is 10.9. The first-order valence-electron chi connectivity index (χ1n) is 16.1. The van der Waals surface area contributed by atoms with E-state index >= 15 is 0 Å². The van der Waals surface area contributed by atoms with Gasteiger partial charge in [0.1, 0.15) is 18.1 Å². The number of nitrogens with zero attached hydrogens (tertiary/aromatic N) is 3. The molecule has 5 rings (SSSR count). The summed E-state index contributed by atoms with van der Waals surface area (Å²) in [5.41, 5.74) is 1.84. The van der Waals surface area contributed by atoms with Gasteiger partial charge in [0.05, 0.1) is 27.5 Å². The molecule has 2 heterocycles. The lowest BCUT2D eigenvalue weighted by Gasteiger charge is -2.47. The number of non-ortho nitro benzene ring substituents is 1. The average Bonchev–Trinajstić information content (AvgIpc) is 3.31. The fraction of sp³-hybridized carbons (Fsp3) is 0.351. The molecule has 1 fully saturated rings. The number of esters is 2. The number of β-lactam (4-membered cyclic amide) rings is 1. The predicted octanol–water partition coefficient (Wildman–Crippen LogP) is 6.49. The number of fused-ring (bicyclic) bond motifs is 1. The van der Waals surface area contributed by atoms with Crippen LogP contribution in [0.25, 0.3) is 0 Å². The minimum absolute atomic E-state index is 0.0335. The van der Waals surface area contributed by atoms with Crippen molar-refractivity contribution in [1.29, 1.82) is 0 Å². The highest BCUT2D eigenvalue weighted by molar-refractivity contribution is 6.35. The highest BCUT2D eigenvalue weighted by atomic mass is 35.5. The average molecular weight is 688 g/mol. The highest BCUT2D eigenvalue weighted by Gasteiger charge is 2.59. The van der Waals surface area contributed by atoms with Gasteiger partial charge in [-0.05, 0) is 61.3 Å². The summed E-state index contributed by atoms with van der Waals surface area (Å²) >= 11 is 6.57. The molecule has 1 saturated heterocycles. The molecular weight excluding hydrogens is 650 g/mol. The number of likely N-dealkylation sites (N-methyl/N-ethyl adjacent to an activating group) is 1. The normalized spacial score (nSPS) is 18.4. The van der Waals surface area contributed by atoms with Crippen LogP contribution in [0.5, 0.6) is 5.75 Å². The summed E-state index contributed by atoms with van der Waals surface area (Å²) in [5, 5.41) is 11.2. The molecule has 0 N–H and O–H groups in total. The van der Waals surface area contributed by atoms with Gasteiger partial charge in [-0.2, -0.15) is 0 Å². The number of halogens is 1. The van der Waals surface area contributed by atoms with Crippen LogP contribution in [-0.4, -0.2) is 64.5 Å². The topological polar surface area (TPSA) is 136 Å². The Morgan fingerprint density at radius 2 is 1.69 bits per heavy atom. The van der Waals surface area contributed by atoms with E-state index in [1.807, 2.05) is 63.1 Å². The maximum absolute atomic E-state index is 13.5. The molecule has 0 unspecified atom stereocenters. The second-order valence-electron chi connectivity index (χ2n) is 12.8. The molecule has 3 aromatic carbocycles. The minimum Gasteiger partial charge on any atom is -0.487 e. The SMILES string of the molecule is CC(C)[C@H]1C(=O)N2C(C(=O)OC(=O)c3ccc([N+](=O)[O-])cc3)=C(CN(C)CCCC(=O)c3cccc(OCc4ccccc4)c3Cl)[C@H](C)[C@H]12. The molecule has 2 aliphatic rings. The number of rotatable bonds is 14. The van der Waals surface area contributed by atoms with E-state index in [0.29, 0.717) is 43.0 Å². The Bertz CT molecular complexity index is 1790. The predicted molar refractivity (Wildman–Crippen MR) is 182 cm³/mol. The van der Waals surface area contributed by atoms with Gasteiger partial charge in [-0.1, -0.05) is 68.8 Å². The zero-order valence-electron chi connectivity index (χ0n) is 27.8. The Hall–Kier alpha value is -4.87. The quantitative estimate of drug-likeness (QED) is 0.0465. The first-order chi connectivity index (χ1) is 23.4. The molecule has 0 bridgehead atoms. The second-order valence-corrected chi connectivity index (χ2v) is 13.1. The zero-order valence-corrected chi connectivity index (χ0v) is 28.5. The Balaban J connectivity index is 1.24. The zero-order chi connectivity index (χ0) is 35.4. The summed E-state index contributed by atoms with van der Waals surface area (Å²) in [6.45, 7) is 7.00. The molecular formula is C37H38ClN3O8. The van der Waals surface area contributed by atoms with Crippen molar-refractivity contribution < 1.29 is 33.6 Å². The molecule has 2 aliphatic heterocycles. The van der Waals surface area contributed by atoms with Crippen molar-refractivity contribution >= 4 is 40.9 Å². The number of benzene rings is 3. The standard InChI is InChI=1S/C37H38ClN3O8/c1-22(2)31-33-23(3)28(34(40(33)35(31)43)37(45)49-36(44)25-15-17-26(18-16-25)41(46)47)20-39(4)19-9-13-29(42)27-12-8-14-30(32(27)38)48-21-24-10-6-5-7-11-24/h5-8,10-12,14-18,22-23,31,33H,9,13,19-21H2,1-4H3/t23-,31+,33+/m0/s1. The van der Waals surface area contributed by atoms with E-state index in [9.17, 15) is 29.3 Å². The lowest BCUT2D eigenvalue weighted by Crippen LogP contribution is -2.62. The van der Waals surface area contributed by atoms with Crippen LogP contribution in [0.15, 0.2) is 84.1 Å². The van der Waals surface area contributed by atoms with Crippen LogP contribution in [0.1, 0.15) is 59.9 Å². The number of nitro benzene ring substituents is 1. The van der Waals surface area contributed by atoms with E-state index in [1.54, 1.807) is 18.2 Å². The molecule has 0 radical (unpaired) electrons. The Morgan fingerprint density at radius 1 is 1.00 bits per heavy atom. The van der Waals surface area contributed by atoms with E-state index in [-0.39, 0.29) is 63.9 Å². The third-order valence-electron chi connectivity index (χ3n) is 9.09. The van der Waals surface area contributed by atoms with Crippen LogP contribution in [0, 0.1) is 27.9 Å². The molecule has 256 valence electrons. The number of Topliss-reactive ketones (excluding diaryl/α,β-unsaturated/α-hetero) is 1. The van der Waals surface area contributed by atoms with E-state index in [2.05, 4.69) is 0 Å². The second kappa shape index (κ2) is 15.1. The van der Waals surface area contributed by atoms with Crippen LogP contribution < -0.4 is 4.74 Å². The molecule has 0 saturated carbocycles. The molecule has 49 heavy (non-hydrogen) atoms. The van der Waals surface area contributed by atoms with Crippen molar-refractivity contribution in [2.24, 2.45) is 17.8 Å². The van der Waals surface area contributed by atoms with E-state index in [1.165, 1.54) is 17.0 Å². The van der Waals surface area contributed by atoms with Crippen LogP contribution in [0.3, 0.4) is 0 Å². The minimum atomic E-state index is -0.976. The molecule has 0 aromatic heterocycles. The van der Waals surface area contributed by atoms with Gasteiger partial charge in [-0.25, -0.2) is 9.59 Å². The first kappa shape index (κ1) is 35.4. The van der Waals surface area contributed by atoms with Gasteiger partial charge in [-0.15, -0.1) is 0 Å². The molecule has 3 atom stereocenters. The van der Waals surface area contributed by atoms with Crippen molar-refractivity contribution in [1.82, 2.24) is 9.80 Å². The Morgan fingerprint density at radius 3 is 2.35 bits per heavy atom. The van der Waals surface area contributed by atoms with E-state index in [4.69, 9.17) is 21.1 Å². The molecule has 12 heteroatoms. The maximum atomic E-state index is 13.5. The number of hydrogen-bond donors (Lipinski definition) is 0. The number of ketones is 1. The molecule has 3 aromatic rings. The highest BCUT2D eigenvalue weighted by Crippen LogP contribution is 2.48. The smallest absolute Gasteiger partial charge is 0.362 e.